The molecule has 0 saturated carbocycles. The minimum Gasteiger partial charge on any atom is -0.505 e. The van der Waals surface area contributed by atoms with Gasteiger partial charge in [0.15, 0.2) is 0 Å². The molecule has 4 rings (SSSR count). The van der Waals surface area contributed by atoms with Gasteiger partial charge >= 0.3 is 0 Å². The van der Waals surface area contributed by atoms with Gasteiger partial charge in [-0.25, -0.2) is 0 Å². The van der Waals surface area contributed by atoms with Crippen molar-refractivity contribution in [3.8, 4) is 11.5 Å². The van der Waals surface area contributed by atoms with E-state index in [-0.39, 0.29) is 17.9 Å². The van der Waals surface area contributed by atoms with Gasteiger partial charge < -0.3 is 15.2 Å². The van der Waals surface area contributed by atoms with Gasteiger partial charge in [0.2, 0.25) is 0 Å². The number of rotatable bonds is 6. The molecular formula is C24H23N3O2. The van der Waals surface area contributed by atoms with Gasteiger partial charge in [-0.2, -0.15) is 0 Å². The van der Waals surface area contributed by atoms with E-state index in [9.17, 15) is 5.11 Å². The van der Waals surface area contributed by atoms with Crippen LogP contribution in [-0.2, 0) is 0 Å². The highest BCUT2D eigenvalue weighted by Crippen LogP contribution is 2.36. The summed E-state index contributed by atoms with van der Waals surface area (Å²) in [5.74, 6) is 0.976. The predicted molar refractivity (Wildman–Crippen MR) is 115 cm³/mol. The number of phenolic OH excluding ortho intramolecular Hbond substituents is 1. The molecule has 0 amide bonds. The van der Waals surface area contributed by atoms with Crippen molar-refractivity contribution in [2.24, 2.45) is 0 Å². The van der Waals surface area contributed by atoms with Crippen LogP contribution in [0.25, 0.3) is 10.9 Å². The van der Waals surface area contributed by atoms with Gasteiger partial charge in [0.1, 0.15) is 17.0 Å². The molecule has 5 heteroatoms. The summed E-state index contributed by atoms with van der Waals surface area (Å²) in [6.07, 6.45) is 3.56. The fourth-order valence-electron chi connectivity index (χ4n) is 3.30. The minimum atomic E-state index is -0.334. The molecule has 4 aromatic rings. The molecule has 29 heavy (non-hydrogen) atoms. The van der Waals surface area contributed by atoms with Gasteiger partial charge in [0, 0.05) is 29.0 Å². The van der Waals surface area contributed by atoms with Crippen LogP contribution in [0.15, 0.2) is 79.1 Å². The number of ether oxygens (including phenoxy) is 1. The van der Waals surface area contributed by atoms with Crippen LogP contribution in [0.4, 0.5) is 5.69 Å². The number of aromatic nitrogens is 2. The van der Waals surface area contributed by atoms with Crippen LogP contribution in [0.2, 0.25) is 0 Å². The van der Waals surface area contributed by atoms with E-state index < -0.39 is 0 Å². The summed E-state index contributed by atoms with van der Waals surface area (Å²) >= 11 is 0. The molecule has 0 bridgehead atoms. The average Bonchev–Trinajstić information content (AvgIpc) is 2.74. The van der Waals surface area contributed by atoms with E-state index >= 15 is 0 Å². The molecule has 0 aliphatic rings. The molecule has 1 atom stereocenters. The number of aromatic hydroxyl groups is 1. The number of anilines is 1. The predicted octanol–water partition coefficient (Wildman–Crippen LogP) is 5.32. The SMILES string of the molecule is CC(C)Oc1ccc(NC(c2ccccn2)c2ccc3cccnc3c2O)cc1. The fourth-order valence-corrected chi connectivity index (χ4v) is 3.30. The lowest BCUT2D eigenvalue weighted by Crippen LogP contribution is -2.14. The minimum absolute atomic E-state index is 0.122. The van der Waals surface area contributed by atoms with Crippen LogP contribution in [0.5, 0.6) is 11.5 Å². The van der Waals surface area contributed by atoms with Gasteiger partial charge in [-0.3, -0.25) is 9.97 Å². The lowest BCUT2D eigenvalue weighted by Gasteiger charge is -2.22. The van der Waals surface area contributed by atoms with Gasteiger partial charge in [-0.1, -0.05) is 24.3 Å². The van der Waals surface area contributed by atoms with Crippen LogP contribution in [-0.4, -0.2) is 21.2 Å². The number of fused-ring (bicyclic) bond motifs is 1. The Hall–Kier alpha value is -3.60. The highest BCUT2D eigenvalue weighted by molar-refractivity contribution is 5.85. The molecule has 0 aliphatic heterocycles. The Kier molecular flexibility index (Phi) is 5.29. The summed E-state index contributed by atoms with van der Waals surface area (Å²) in [5, 5.41) is 15.3. The number of nitrogens with zero attached hydrogens (tertiary/aromatic N) is 2. The fraction of sp³-hybridized carbons (Fsp3) is 0.167. The second-order valence-electron chi connectivity index (χ2n) is 7.10. The van der Waals surface area contributed by atoms with Crippen LogP contribution in [0, 0.1) is 0 Å². The molecule has 0 radical (unpaired) electrons. The van der Waals surface area contributed by atoms with Gasteiger partial charge in [-0.05, 0) is 56.3 Å². The zero-order chi connectivity index (χ0) is 20.2. The Bertz CT molecular complexity index is 1100. The van der Waals surface area contributed by atoms with E-state index in [0.29, 0.717) is 5.52 Å². The van der Waals surface area contributed by atoms with Crippen LogP contribution in [0.3, 0.4) is 0 Å². The first-order valence-electron chi connectivity index (χ1n) is 9.62. The smallest absolute Gasteiger partial charge is 0.147 e. The first kappa shape index (κ1) is 18.7. The summed E-state index contributed by atoms with van der Waals surface area (Å²) in [7, 11) is 0. The van der Waals surface area contributed by atoms with E-state index in [1.165, 1.54) is 0 Å². The number of nitrogens with one attached hydrogen (secondary N) is 1. The molecule has 146 valence electrons. The summed E-state index contributed by atoms with van der Waals surface area (Å²) < 4.78 is 5.72. The lowest BCUT2D eigenvalue weighted by atomic mass is 9.99. The maximum atomic E-state index is 11.0. The highest BCUT2D eigenvalue weighted by Gasteiger charge is 2.21. The Morgan fingerprint density at radius 1 is 0.862 bits per heavy atom. The van der Waals surface area contributed by atoms with Gasteiger partial charge in [-0.15, -0.1) is 0 Å². The van der Waals surface area contributed by atoms with E-state index in [1.807, 2.05) is 80.6 Å². The number of phenols is 1. The maximum absolute atomic E-state index is 11.0. The van der Waals surface area contributed by atoms with Crippen LogP contribution < -0.4 is 10.1 Å². The molecule has 0 aliphatic carbocycles. The molecule has 0 saturated heterocycles. The number of benzene rings is 2. The summed E-state index contributed by atoms with van der Waals surface area (Å²) in [6, 6.07) is 20.9. The van der Waals surface area contributed by atoms with Crippen molar-refractivity contribution in [3.05, 3.63) is 90.4 Å². The largest absolute Gasteiger partial charge is 0.505 e. The summed E-state index contributed by atoms with van der Waals surface area (Å²) in [4.78, 5) is 8.86. The van der Waals surface area contributed by atoms with Crippen LogP contribution >= 0.6 is 0 Å². The molecular weight excluding hydrogens is 362 g/mol. The second kappa shape index (κ2) is 8.19. The van der Waals surface area contributed by atoms with E-state index in [4.69, 9.17) is 4.74 Å². The average molecular weight is 385 g/mol. The van der Waals surface area contributed by atoms with Gasteiger partial charge in [0.05, 0.1) is 17.8 Å². The monoisotopic (exact) mass is 385 g/mol. The first-order chi connectivity index (χ1) is 14.1. The number of pyridine rings is 2. The normalized spacial score (nSPS) is 12.1. The van der Waals surface area contributed by atoms with Crippen molar-refractivity contribution in [2.45, 2.75) is 26.0 Å². The topological polar surface area (TPSA) is 67.3 Å². The van der Waals surface area contributed by atoms with E-state index in [2.05, 4.69) is 15.3 Å². The third-order valence-corrected chi connectivity index (χ3v) is 4.61. The summed E-state index contributed by atoms with van der Waals surface area (Å²) in [5.41, 5.74) is 3.00. The lowest BCUT2D eigenvalue weighted by molar-refractivity contribution is 0.242. The highest BCUT2D eigenvalue weighted by atomic mass is 16.5. The maximum Gasteiger partial charge on any atom is 0.147 e. The second-order valence-corrected chi connectivity index (χ2v) is 7.10. The van der Waals surface area contributed by atoms with Crippen molar-refractivity contribution < 1.29 is 9.84 Å². The standard InChI is InChI=1S/C24H23N3O2/c1-16(2)29-19-11-9-18(10-12-19)27-23(21-7-3-4-14-25-21)20-13-8-17-6-5-15-26-22(17)24(20)28/h3-16,23,27-28H,1-2H3. The Morgan fingerprint density at radius 3 is 2.38 bits per heavy atom. The molecule has 2 heterocycles. The third kappa shape index (κ3) is 4.14. The Morgan fingerprint density at radius 2 is 1.66 bits per heavy atom. The summed E-state index contributed by atoms with van der Waals surface area (Å²) in [6.45, 7) is 4.00. The molecule has 0 spiro atoms. The molecule has 2 aromatic heterocycles. The van der Waals surface area contributed by atoms with Crippen LogP contribution in [0.1, 0.15) is 31.1 Å². The number of hydrogen-bond acceptors (Lipinski definition) is 5. The molecule has 2 N–H and O–H groups in total. The van der Waals surface area contributed by atoms with E-state index in [0.717, 1.165) is 28.1 Å². The zero-order valence-electron chi connectivity index (χ0n) is 16.4. The van der Waals surface area contributed by atoms with Crippen molar-refractivity contribution >= 4 is 16.6 Å². The Balaban J connectivity index is 1.73. The van der Waals surface area contributed by atoms with E-state index in [1.54, 1.807) is 12.4 Å². The molecule has 2 aromatic carbocycles. The Labute approximate surface area is 170 Å². The molecule has 1 unspecified atom stereocenters. The first-order valence-corrected chi connectivity index (χ1v) is 9.62. The van der Waals surface area contributed by atoms with Crippen molar-refractivity contribution in [1.82, 2.24) is 9.97 Å². The van der Waals surface area contributed by atoms with Crippen molar-refractivity contribution in [2.75, 3.05) is 5.32 Å². The molecule has 5 nitrogen and oxygen atoms in total. The van der Waals surface area contributed by atoms with Crippen molar-refractivity contribution in [3.63, 3.8) is 0 Å². The third-order valence-electron chi connectivity index (χ3n) is 4.61. The van der Waals surface area contributed by atoms with Gasteiger partial charge in [0.25, 0.3) is 0 Å². The van der Waals surface area contributed by atoms with Crippen molar-refractivity contribution in [1.29, 1.82) is 0 Å². The quantitative estimate of drug-likeness (QED) is 0.470. The zero-order valence-corrected chi connectivity index (χ0v) is 16.4. The molecule has 0 fully saturated rings. The number of hydrogen-bond donors (Lipinski definition) is 2.